The number of ether oxygens (including phenoxy) is 1. The first-order valence-corrected chi connectivity index (χ1v) is 6.34. The molecule has 0 saturated carbocycles. The van der Waals surface area contributed by atoms with E-state index in [-0.39, 0.29) is 12.1 Å². The summed E-state index contributed by atoms with van der Waals surface area (Å²) in [5.74, 6) is -0.457. The molecule has 1 aliphatic rings. The van der Waals surface area contributed by atoms with Gasteiger partial charge in [-0.05, 0) is 30.9 Å². The van der Waals surface area contributed by atoms with E-state index in [1.54, 1.807) is 6.92 Å². The van der Waals surface area contributed by atoms with E-state index < -0.39 is 12.0 Å². The quantitative estimate of drug-likeness (QED) is 0.812. The Kier molecular flexibility index (Phi) is 4.04. The van der Waals surface area contributed by atoms with E-state index in [1.165, 1.54) is 12.7 Å². The highest BCUT2D eigenvalue weighted by atomic mass is 16.5. The van der Waals surface area contributed by atoms with Crippen molar-refractivity contribution in [3.63, 3.8) is 0 Å². The van der Waals surface area contributed by atoms with E-state index in [2.05, 4.69) is 21.4 Å². The van der Waals surface area contributed by atoms with Gasteiger partial charge in [-0.25, -0.2) is 9.59 Å². The van der Waals surface area contributed by atoms with E-state index in [0.717, 1.165) is 18.4 Å². The molecule has 0 spiro atoms. The minimum atomic E-state index is -0.651. The van der Waals surface area contributed by atoms with Crippen molar-refractivity contribution in [2.24, 2.45) is 0 Å². The highest BCUT2D eigenvalue weighted by Crippen LogP contribution is 2.30. The van der Waals surface area contributed by atoms with Crippen molar-refractivity contribution in [3.05, 3.63) is 35.4 Å². The summed E-state index contributed by atoms with van der Waals surface area (Å²) in [7, 11) is 1.30. The summed E-state index contributed by atoms with van der Waals surface area (Å²) in [5, 5.41) is 5.45. The van der Waals surface area contributed by atoms with Gasteiger partial charge in [-0.2, -0.15) is 0 Å². The van der Waals surface area contributed by atoms with E-state index in [4.69, 9.17) is 0 Å². The molecule has 2 N–H and O–H groups in total. The Morgan fingerprint density at radius 1 is 1.37 bits per heavy atom. The molecular formula is C14H18N2O3. The molecule has 5 nitrogen and oxygen atoms in total. The Morgan fingerprint density at radius 3 is 2.84 bits per heavy atom. The smallest absolute Gasteiger partial charge is 0.328 e. The summed E-state index contributed by atoms with van der Waals surface area (Å²) in [5.41, 5.74) is 2.43. The van der Waals surface area contributed by atoms with Crippen LogP contribution >= 0.6 is 0 Å². The van der Waals surface area contributed by atoms with Gasteiger partial charge in [-0.3, -0.25) is 0 Å². The van der Waals surface area contributed by atoms with Crippen LogP contribution in [0.2, 0.25) is 0 Å². The summed E-state index contributed by atoms with van der Waals surface area (Å²) in [6.07, 6.45) is 1.85. The van der Waals surface area contributed by atoms with E-state index in [9.17, 15) is 9.59 Å². The number of carbonyl (C=O) groups is 2. The molecule has 0 aliphatic heterocycles. The van der Waals surface area contributed by atoms with Gasteiger partial charge in [0.05, 0.1) is 13.2 Å². The zero-order valence-electron chi connectivity index (χ0n) is 11.1. The Labute approximate surface area is 112 Å². The zero-order chi connectivity index (χ0) is 13.8. The molecule has 2 atom stereocenters. The number of rotatable bonds is 3. The number of carbonyl (C=O) groups excluding carboxylic acids is 2. The molecule has 0 aromatic heterocycles. The van der Waals surface area contributed by atoms with Crippen molar-refractivity contribution in [1.29, 1.82) is 0 Å². The maximum absolute atomic E-state index is 11.8. The van der Waals surface area contributed by atoms with E-state index >= 15 is 0 Å². The number of aryl methyl sites for hydroxylation is 1. The van der Waals surface area contributed by atoms with Crippen molar-refractivity contribution in [1.82, 2.24) is 10.6 Å². The standard InChI is InChI=1S/C14H18N2O3/c1-9(13(17)19-2)15-14(18)16-12-8-7-10-5-3-4-6-11(10)12/h3-6,9,12H,7-8H2,1-2H3,(H2,15,16,18)/t9?,12-/m1/s1. The third-order valence-electron chi connectivity index (χ3n) is 3.34. The lowest BCUT2D eigenvalue weighted by molar-refractivity contribution is -0.142. The molecule has 0 saturated heterocycles. The summed E-state index contributed by atoms with van der Waals surface area (Å²) >= 11 is 0. The highest BCUT2D eigenvalue weighted by molar-refractivity contribution is 5.83. The second-order valence-corrected chi connectivity index (χ2v) is 4.65. The maximum atomic E-state index is 11.8. The topological polar surface area (TPSA) is 67.4 Å². The van der Waals surface area contributed by atoms with Crippen LogP contribution in [0.15, 0.2) is 24.3 Å². The average molecular weight is 262 g/mol. The predicted octanol–water partition coefficient (Wildman–Crippen LogP) is 1.53. The van der Waals surface area contributed by atoms with Crippen LogP contribution in [0.4, 0.5) is 4.79 Å². The van der Waals surface area contributed by atoms with Crippen LogP contribution in [0.5, 0.6) is 0 Å². The Hall–Kier alpha value is -2.04. The van der Waals surface area contributed by atoms with Crippen LogP contribution in [0.25, 0.3) is 0 Å². The second-order valence-electron chi connectivity index (χ2n) is 4.65. The van der Waals surface area contributed by atoms with Crippen LogP contribution in [-0.2, 0) is 16.0 Å². The SMILES string of the molecule is COC(=O)C(C)NC(=O)N[C@@H]1CCc2ccccc21. The summed E-state index contributed by atoms with van der Waals surface area (Å²) < 4.78 is 4.56. The normalized spacial score (nSPS) is 18.3. The number of urea groups is 1. The second kappa shape index (κ2) is 5.73. The minimum absolute atomic E-state index is 0.0149. The number of amides is 2. The van der Waals surface area contributed by atoms with Gasteiger partial charge in [-0.15, -0.1) is 0 Å². The molecule has 0 bridgehead atoms. The summed E-state index contributed by atoms with van der Waals surface area (Å²) in [6, 6.07) is 7.08. The number of nitrogens with one attached hydrogen (secondary N) is 2. The van der Waals surface area contributed by atoms with Crippen molar-refractivity contribution >= 4 is 12.0 Å². The monoisotopic (exact) mass is 262 g/mol. The molecule has 2 rings (SSSR count). The van der Waals surface area contributed by atoms with E-state index in [1.807, 2.05) is 18.2 Å². The fraction of sp³-hybridized carbons (Fsp3) is 0.429. The molecule has 0 heterocycles. The number of methoxy groups -OCH3 is 1. The number of fused-ring (bicyclic) bond motifs is 1. The highest BCUT2D eigenvalue weighted by Gasteiger charge is 2.24. The van der Waals surface area contributed by atoms with Gasteiger partial charge >= 0.3 is 12.0 Å². The molecule has 0 fully saturated rings. The molecule has 1 aromatic carbocycles. The minimum Gasteiger partial charge on any atom is -0.467 e. The third kappa shape index (κ3) is 3.05. The van der Waals surface area contributed by atoms with Crippen LogP contribution in [0.1, 0.15) is 30.5 Å². The van der Waals surface area contributed by atoms with Crippen molar-refractivity contribution in [2.75, 3.05) is 7.11 Å². The van der Waals surface area contributed by atoms with Gasteiger partial charge in [0.2, 0.25) is 0 Å². The molecule has 2 amide bonds. The van der Waals surface area contributed by atoms with Gasteiger partial charge in [0, 0.05) is 0 Å². The summed E-state index contributed by atoms with van der Waals surface area (Å²) in [4.78, 5) is 23.0. The van der Waals surface area contributed by atoms with Gasteiger partial charge in [-0.1, -0.05) is 24.3 Å². The zero-order valence-corrected chi connectivity index (χ0v) is 11.1. The number of benzene rings is 1. The molecule has 1 aromatic rings. The Balaban J connectivity index is 1.92. The van der Waals surface area contributed by atoms with E-state index in [0.29, 0.717) is 0 Å². The molecular weight excluding hydrogens is 244 g/mol. The van der Waals surface area contributed by atoms with Gasteiger partial charge in [0.25, 0.3) is 0 Å². The lowest BCUT2D eigenvalue weighted by Crippen LogP contribution is -2.45. The van der Waals surface area contributed by atoms with Crippen LogP contribution < -0.4 is 10.6 Å². The lowest BCUT2D eigenvalue weighted by Gasteiger charge is -2.17. The van der Waals surface area contributed by atoms with Crippen LogP contribution in [-0.4, -0.2) is 25.2 Å². The maximum Gasteiger partial charge on any atom is 0.328 e. The lowest BCUT2D eigenvalue weighted by atomic mass is 10.1. The first kappa shape index (κ1) is 13.4. The number of hydrogen-bond acceptors (Lipinski definition) is 3. The van der Waals surface area contributed by atoms with Crippen molar-refractivity contribution < 1.29 is 14.3 Å². The first-order valence-electron chi connectivity index (χ1n) is 6.34. The fourth-order valence-electron chi connectivity index (χ4n) is 2.34. The van der Waals surface area contributed by atoms with Crippen molar-refractivity contribution in [3.8, 4) is 0 Å². The number of esters is 1. The Bertz CT molecular complexity index is 487. The Morgan fingerprint density at radius 2 is 2.11 bits per heavy atom. The first-order chi connectivity index (χ1) is 9.11. The third-order valence-corrected chi connectivity index (χ3v) is 3.34. The molecule has 1 aliphatic carbocycles. The molecule has 0 radical (unpaired) electrons. The van der Waals surface area contributed by atoms with Crippen molar-refractivity contribution in [2.45, 2.75) is 31.8 Å². The predicted molar refractivity (Wildman–Crippen MR) is 70.6 cm³/mol. The van der Waals surface area contributed by atoms with Crippen LogP contribution in [0, 0.1) is 0 Å². The average Bonchev–Trinajstić information content (AvgIpc) is 2.81. The molecule has 5 heteroatoms. The van der Waals surface area contributed by atoms with Crippen LogP contribution in [0.3, 0.4) is 0 Å². The number of hydrogen-bond donors (Lipinski definition) is 2. The molecule has 1 unspecified atom stereocenters. The van der Waals surface area contributed by atoms with Gasteiger partial charge < -0.3 is 15.4 Å². The molecule has 102 valence electrons. The molecule has 19 heavy (non-hydrogen) atoms. The fourth-order valence-corrected chi connectivity index (χ4v) is 2.34. The summed E-state index contributed by atoms with van der Waals surface area (Å²) in [6.45, 7) is 1.59. The largest absolute Gasteiger partial charge is 0.467 e. The van der Waals surface area contributed by atoms with Gasteiger partial charge in [0.15, 0.2) is 0 Å². The van der Waals surface area contributed by atoms with Gasteiger partial charge in [0.1, 0.15) is 6.04 Å².